The van der Waals surface area contributed by atoms with E-state index >= 15 is 0 Å². The lowest BCUT2D eigenvalue weighted by Crippen LogP contribution is -2.25. The third-order valence-electron chi connectivity index (χ3n) is 6.99. The predicted molar refractivity (Wildman–Crippen MR) is 156 cm³/mol. The molecule has 4 nitrogen and oxygen atoms in total. The van der Waals surface area contributed by atoms with Crippen LogP contribution in [0.15, 0.2) is 24.3 Å². The molecule has 0 radical (unpaired) electrons. The van der Waals surface area contributed by atoms with Gasteiger partial charge in [0.15, 0.2) is 0 Å². The highest BCUT2D eigenvalue weighted by atomic mass is 16.2. The third-order valence-corrected chi connectivity index (χ3v) is 6.99. The summed E-state index contributed by atoms with van der Waals surface area (Å²) in [6, 6.07) is 7.24. The molecule has 0 fully saturated rings. The summed E-state index contributed by atoms with van der Waals surface area (Å²) < 4.78 is 0. The highest BCUT2D eigenvalue weighted by molar-refractivity contribution is 6.03. The second-order valence-corrected chi connectivity index (χ2v) is 10.5. The minimum absolute atomic E-state index is 0.00212. The standard InChI is InChI=1S/C32H56N2O2/c1-3-5-6-7-8-9-10-11-12-13-14-15-16-17-18-19-20-21-22-27-31(35)34-30-26-24-23-25-29(30)32(36)33-28-4-2/h23-26H,3-22,27-28H2,1-2H3,(H,33,36)(H,34,35). The third kappa shape index (κ3) is 17.6. The van der Waals surface area contributed by atoms with E-state index in [2.05, 4.69) is 17.6 Å². The van der Waals surface area contributed by atoms with E-state index in [0.717, 1.165) is 19.3 Å². The van der Waals surface area contributed by atoms with Gasteiger partial charge in [-0.1, -0.05) is 142 Å². The van der Waals surface area contributed by atoms with Crippen molar-refractivity contribution >= 4 is 17.5 Å². The maximum Gasteiger partial charge on any atom is 0.253 e. The van der Waals surface area contributed by atoms with Gasteiger partial charge in [-0.25, -0.2) is 0 Å². The molecule has 0 aromatic heterocycles. The van der Waals surface area contributed by atoms with Gasteiger partial charge < -0.3 is 10.6 Å². The van der Waals surface area contributed by atoms with Crippen molar-refractivity contribution in [2.45, 2.75) is 149 Å². The van der Waals surface area contributed by atoms with Gasteiger partial charge in [0.05, 0.1) is 11.3 Å². The van der Waals surface area contributed by atoms with Crippen LogP contribution in [0.5, 0.6) is 0 Å². The van der Waals surface area contributed by atoms with Crippen LogP contribution in [0.25, 0.3) is 0 Å². The summed E-state index contributed by atoms with van der Waals surface area (Å²) in [7, 11) is 0. The van der Waals surface area contributed by atoms with Crippen molar-refractivity contribution in [3.8, 4) is 0 Å². The number of nitrogens with one attached hydrogen (secondary N) is 2. The van der Waals surface area contributed by atoms with Crippen molar-refractivity contribution in [2.75, 3.05) is 11.9 Å². The molecule has 1 aromatic carbocycles. The molecular weight excluding hydrogens is 444 g/mol. The van der Waals surface area contributed by atoms with Gasteiger partial charge in [0.1, 0.15) is 0 Å². The predicted octanol–water partition coefficient (Wildman–Crippen LogP) is 9.59. The van der Waals surface area contributed by atoms with Crippen molar-refractivity contribution in [1.82, 2.24) is 5.32 Å². The maximum atomic E-state index is 12.3. The first kappa shape index (κ1) is 32.2. The lowest BCUT2D eigenvalue weighted by Gasteiger charge is -2.11. The molecular formula is C32H56N2O2. The molecule has 0 spiro atoms. The molecule has 206 valence electrons. The van der Waals surface area contributed by atoms with E-state index in [-0.39, 0.29) is 11.8 Å². The van der Waals surface area contributed by atoms with Crippen molar-refractivity contribution in [1.29, 1.82) is 0 Å². The number of anilines is 1. The van der Waals surface area contributed by atoms with Crippen LogP contribution in [0, 0.1) is 0 Å². The Bertz CT molecular complexity index is 674. The number of unbranched alkanes of at least 4 members (excludes halogenated alkanes) is 18. The largest absolute Gasteiger partial charge is 0.352 e. The minimum atomic E-state index is -0.128. The second kappa shape index (κ2) is 23.6. The Kier molecular flexibility index (Phi) is 21.1. The summed E-state index contributed by atoms with van der Waals surface area (Å²) >= 11 is 0. The van der Waals surface area contributed by atoms with Crippen molar-refractivity contribution in [3.05, 3.63) is 29.8 Å². The van der Waals surface area contributed by atoms with Crippen LogP contribution in [0.4, 0.5) is 5.69 Å². The van der Waals surface area contributed by atoms with E-state index in [0.29, 0.717) is 24.2 Å². The van der Waals surface area contributed by atoms with Gasteiger partial charge in [0.2, 0.25) is 5.91 Å². The zero-order valence-electron chi connectivity index (χ0n) is 23.7. The number of amides is 2. The van der Waals surface area contributed by atoms with Crippen LogP contribution in [-0.2, 0) is 4.79 Å². The molecule has 1 aromatic rings. The van der Waals surface area contributed by atoms with Crippen molar-refractivity contribution in [2.24, 2.45) is 0 Å². The Morgan fingerprint density at radius 1 is 0.583 bits per heavy atom. The fourth-order valence-electron chi connectivity index (χ4n) is 4.70. The van der Waals surface area contributed by atoms with E-state index in [1.165, 1.54) is 109 Å². The molecule has 0 bridgehead atoms. The van der Waals surface area contributed by atoms with Crippen LogP contribution in [0.3, 0.4) is 0 Å². The Balaban J connectivity index is 1.92. The molecule has 0 heterocycles. The van der Waals surface area contributed by atoms with E-state index in [1.807, 2.05) is 19.1 Å². The average Bonchev–Trinajstić information content (AvgIpc) is 2.89. The van der Waals surface area contributed by atoms with Crippen molar-refractivity contribution < 1.29 is 9.59 Å². The normalized spacial score (nSPS) is 10.9. The molecule has 0 aliphatic heterocycles. The molecule has 0 saturated carbocycles. The van der Waals surface area contributed by atoms with Crippen LogP contribution in [-0.4, -0.2) is 18.4 Å². The zero-order valence-corrected chi connectivity index (χ0v) is 23.7. The summed E-state index contributed by atoms with van der Waals surface area (Å²) in [5, 5.41) is 5.81. The Labute approximate surface area is 222 Å². The molecule has 36 heavy (non-hydrogen) atoms. The number of hydrogen-bond donors (Lipinski definition) is 2. The van der Waals surface area contributed by atoms with E-state index in [9.17, 15) is 9.59 Å². The van der Waals surface area contributed by atoms with Gasteiger partial charge in [0, 0.05) is 13.0 Å². The van der Waals surface area contributed by atoms with E-state index in [4.69, 9.17) is 0 Å². The number of para-hydroxylation sites is 1. The lowest BCUT2D eigenvalue weighted by atomic mass is 10.0. The van der Waals surface area contributed by atoms with Gasteiger partial charge in [-0.15, -0.1) is 0 Å². The van der Waals surface area contributed by atoms with Gasteiger partial charge in [0.25, 0.3) is 5.91 Å². The zero-order chi connectivity index (χ0) is 26.1. The molecule has 0 aliphatic rings. The molecule has 2 N–H and O–H groups in total. The molecule has 0 saturated heterocycles. The Morgan fingerprint density at radius 2 is 1.03 bits per heavy atom. The molecule has 0 unspecified atom stereocenters. The van der Waals surface area contributed by atoms with Gasteiger partial charge in [-0.3, -0.25) is 9.59 Å². The monoisotopic (exact) mass is 500 g/mol. The molecule has 0 atom stereocenters. The van der Waals surface area contributed by atoms with E-state index < -0.39 is 0 Å². The highest BCUT2D eigenvalue weighted by Crippen LogP contribution is 2.17. The quantitative estimate of drug-likeness (QED) is 0.139. The fraction of sp³-hybridized carbons (Fsp3) is 0.750. The van der Waals surface area contributed by atoms with Gasteiger partial charge in [-0.05, 0) is 25.0 Å². The number of carbonyl (C=O) groups excluding carboxylic acids is 2. The number of carbonyl (C=O) groups is 2. The SMILES string of the molecule is CCCCCCCCCCCCCCCCCCCCCC(=O)Nc1ccccc1C(=O)NCCC. The van der Waals surface area contributed by atoms with Gasteiger partial charge in [-0.2, -0.15) is 0 Å². The minimum Gasteiger partial charge on any atom is -0.352 e. The van der Waals surface area contributed by atoms with Gasteiger partial charge >= 0.3 is 0 Å². The molecule has 4 heteroatoms. The Hall–Kier alpha value is -1.84. The maximum absolute atomic E-state index is 12.3. The first-order valence-electron chi connectivity index (χ1n) is 15.4. The Morgan fingerprint density at radius 3 is 1.50 bits per heavy atom. The number of benzene rings is 1. The molecule has 1 rings (SSSR count). The van der Waals surface area contributed by atoms with Crippen LogP contribution >= 0.6 is 0 Å². The number of rotatable bonds is 24. The first-order valence-corrected chi connectivity index (χ1v) is 15.4. The summed E-state index contributed by atoms with van der Waals surface area (Å²) in [6.45, 7) is 4.95. The summed E-state index contributed by atoms with van der Waals surface area (Å²) in [4.78, 5) is 24.6. The average molecular weight is 501 g/mol. The first-order chi connectivity index (χ1) is 17.7. The van der Waals surface area contributed by atoms with Crippen LogP contribution < -0.4 is 10.6 Å². The molecule has 2 amide bonds. The summed E-state index contributed by atoms with van der Waals surface area (Å²) in [6.07, 6.45) is 27.0. The highest BCUT2D eigenvalue weighted by Gasteiger charge is 2.12. The topological polar surface area (TPSA) is 58.2 Å². The van der Waals surface area contributed by atoms with Crippen LogP contribution in [0.2, 0.25) is 0 Å². The smallest absolute Gasteiger partial charge is 0.253 e. The van der Waals surface area contributed by atoms with Crippen molar-refractivity contribution in [3.63, 3.8) is 0 Å². The van der Waals surface area contributed by atoms with Crippen LogP contribution in [0.1, 0.15) is 159 Å². The summed E-state index contributed by atoms with van der Waals surface area (Å²) in [5.41, 5.74) is 1.14. The second-order valence-electron chi connectivity index (χ2n) is 10.5. The van der Waals surface area contributed by atoms with E-state index in [1.54, 1.807) is 12.1 Å². The summed E-state index contributed by atoms with van der Waals surface area (Å²) in [5.74, 6) is -0.131. The molecule has 0 aliphatic carbocycles. The fourth-order valence-corrected chi connectivity index (χ4v) is 4.70. The number of hydrogen-bond acceptors (Lipinski definition) is 2. The lowest BCUT2D eigenvalue weighted by molar-refractivity contribution is -0.116.